The highest BCUT2D eigenvalue weighted by molar-refractivity contribution is 5.92. The molecule has 0 atom stereocenters. The van der Waals surface area contributed by atoms with Gasteiger partial charge in [-0.05, 0) is 30.7 Å². The number of aryl methyl sites for hydroxylation is 1. The fourth-order valence-corrected chi connectivity index (χ4v) is 1.71. The molecule has 2 aromatic carbocycles. The Labute approximate surface area is 107 Å². The van der Waals surface area contributed by atoms with E-state index in [0.29, 0.717) is 12.1 Å². The maximum absolute atomic E-state index is 11.9. The molecular formula is C15H16N2O. The van der Waals surface area contributed by atoms with Crippen molar-refractivity contribution in [3.63, 3.8) is 0 Å². The van der Waals surface area contributed by atoms with Gasteiger partial charge in [0.05, 0.1) is 6.42 Å². The largest absolute Gasteiger partial charge is 0.398 e. The Morgan fingerprint density at radius 2 is 1.78 bits per heavy atom. The fraction of sp³-hybridized carbons (Fsp3) is 0.133. The van der Waals surface area contributed by atoms with Gasteiger partial charge in [0.15, 0.2) is 0 Å². The van der Waals surface area contributed by atoms with Gasteiger partial charge in [-0.2, -0.15) is 0 Å². The summed E-state index contributed by atoms with van der Waals surface area (Å²) in [5.74, 6) is -0.0586. The van der Waals surface area contributed by atoms with Crippen LogP contribution in [0, 0.1) is 6.92 Å². The van der Waals surface area contributed by atoms with Crippen LogP contribution >= 0.6 is 0 Å². The molecule has 0 fully saturated rings. The number of rotatable bonds is 3. The lowest BCUT2D eigenvalue weighted by Gasteiger charge is -2.07. The number of anilines is 2. The first kappa shape index (κ1) is 12.2. The maximum Gasteiger partial charge on any atom is 0.228 e. The van der Waals surface area contributed by atoms with Crippen LogP contribution in [0.25, 0.3) is 0 Å². The number of amides is 1. The molecule has 0 bridgehead atoms. The van der Waals surface area contributed by atoms with Crippen LogP contribution in [-0.2, 0) is 11.2 Å². The molecule has 3 nitrogen and oxygen atoms in total. The normalized spacial score (nSPS) is 10.1. The summed E-state index contributed by atoms with van der Waals surface area (Å²) in [7, 11) is 0. The molecule has 0 aliphatic heterocycles. The lowest BCUT2D eigenvalue weighted by Crippen LogP contribution is -2.15. The standard InChI is InChI=1S/C15H16N2O/c1-11-6-8-13(9-7-11)17-15(18)10-12-4-2-3-5-14(12)16/h2-9H,10,16H2,1H3,(H,17,18). The zero-order chi connectivity index (χ0) is 13.0. The van der Waals surface area contributed by atoms with Gasteiger partial charge in [-0.25, -0.2) is 0 Å². The number of para-hydroxylation sites is 1. The number of carbonyl (C=O) groups is 1. The van der Waals surface area contributed by atoms with Crippen molar-refractivity contribution in [2.24, 2.45) is 0 Å². The molecule has 0 saturated carbocycles. The van der Waals surface area contributed by atoms with E-state index in [-0.39, 0.29) is 5.91 Å². The average molecular weight is 240 g/mol. The number of nitrogen functional groups attached to an aromatic ring is 1. The molecule has 0 aliphatic carbocycles. The van der Waals surface area contributed by atoms with Gasteiger partial charge in [0.2, 0.25) is 5.91 Å². The number of nitrogens with one attached hydrogen (secondary N) is 1. The van der Waals surface area contributed by atoms with E-state index in [1.165, 1.54) is 5.56 Å². The molecule has 0 spiro atoms. The van der Waals surface area contributed by atoms with Crippen molar-refractivity contribution in [2.75, 3.05) is 11.1 Å². The van der Waals surface area contributed by atoms with E-state index in [1.54, 1.807) is 6.07 Å². The van der Waals surface area contributed by atoms with Crippen LogP contribution in [0.15, 0.2) is 48.5 Å². The Morgan fingerprint density at radius 3 is 2.44 bits per heavy atom. The summed E-state index contributed by atoms with van der Waals surface area (Å²) in [6.07, 6.45) is 0.292. The topological polar surface area (TPSA) is 55.1 Å². The van der Waals surface area contributed by atoms with Gasteiger partial charge < -0.3 is 11.1 Å². The molecule has 0 saturated heterocycles. The van der Waals surface area contributed by atoms with Crippen LogP contribution in [0.4, 0.5) is 11.4 Å². The van der Waals surface area contributed by atoms with E-state index < -0.39 is 0 Å². The van der Waals surface area contributed by atoms with Crippen LogP contribution < -0.4 is 11.1 Å². The number of carbonyl (C=O) groups excluding carboxylic acids is 1. The predicted molar refractivity (Wildman–Crippen MR) is 74.4 cm³/mol. The molecule has 0 aromatic heterocycles. The molecule has 0 heterocycles. The van der Waals surface area contributed by atoms with Crippen molar-refractivity contribution in [3.8, 4) is 0 Å². The SMILES string of the molecule is Cc1ccc(NC(=O)Cc2ccccc2N)cc1. The molecule has 0 unspecified atom stereocenters. The summed E-state index contributed by atoms with van der Waals surface area (Å²) in [6, 6.07) is 15.1. The summed E-state index contributed by atoms with van der Waals surface area (Å²) in [6.45, 7) is 2.01. The van der Waals surface area contributed by atoms with E-state index in [1.807, 2.05) is 49.4 Å². The monoisotopic (exact) mass is 240 g/mol. The van der Waals surface area contributed by atoms with Crippen LogP contribution in [0.1, 0.15) is 11.1 Å². The van der Waals surface area contributed by atoms with E-state index >= 15 is 0 Å². The Balaban J connectivity index is 2.01. The van der Waals surface area contributed by atoms with Gasteiger partial charge in [-0.1, -0.05) is 35.9 Å². The van der Waals surface area contributed by atoms with E-state index in [2.05, 4.69) is 5.32 Å². The van der Waals surface area contributed by atoms with Gasteiger partial charge in [0.25, 0.3) is 0 Å². The number of hydrogen-bond acceptors (Lipinski definition) is 2. The highest BCUT2D eigenvalue weighted by Gasteiger charge is 2.06. The quantitative estimate of drug-likeness (QED) is 0.810. The smallest absolute Gasteiger partial charge is 0.228 e. The Hall–Kier alpha value is -2.29. The van der Waals surface area contributed by atoms with Crippen LogP contribution in [0.5, 0.6) is 0 Å². The molecule has 3 heteroatoms. The molecule has 0 aliphatic rings. The van der Waals surface area contributed by atoms with Gasteiger partial charge in [0, 0.05) is 11.4 Å². The van der Waals surface area contributed by atoms with Crippen LogP contribution in [0.3, 0.4) is 0 Å². The first-order chi connectivity index (χ1) is 8.65. The Kier molecular flexibility index (Phi) is 3.63. The van der Waals surface area contributed by atoms with Gasteiger partial charge >= 0.3 is 0 Å². The predicted octanol–water partition coefficient (Wildman–Crippen LogP) is 2.76. The second kappa shape index (κ2) is 5.36. The first-order valence-corrected chi connectivity index (χ1v) is 5.85. The molecule has 1 amide bonds. The summed E-state index contributed by atoms with van der Waals surface area (Å²) >= 11 is 0. The van der Waals surface area contributed by atoms with Crippen LogP contribution in [0.2, 0.25) is 0 Å². The molecule has 2 rings (SSSR count). The van der Waals surface area contributed by atoms with Crippen molar-refractivity contribution >= 4 is 17.3 Å². The molecule has 3 N–H and O–H groups in total. The zero-order valence-corrected chi connectivity index (χ0v) is 10.3. The number of nitrogens with two attached hydrogens (primary N) is 1. The first-order valence-electron chi connectivity index (χ1n) is 5.85. The van der Waals surface area contributed by atoms with E-state index in [9.17, 15) is 4.79 Å². The van der Waals surface area contributed by atoms with Crippen molar-refractivity contribution in [1.29, 1.82) is 0 Å². The molecule has 2 aromatic rings. The van der Waals surface area contributed by atoms with Crippen LogP contribution in [-0.4, -0.2) is 5.91 Å². The molecule has 0 radical (unpaired) electrons. The summed E-state index contributed by atoms with van der Waals surface area (Å²) in [4.78, 5) is 11.9. The molecular weight excluding hydrogens is 224 g/mol. The molecule has 92 valence electrons. The van der Waals surface area contributed by atoms with Crippen molar-refractivity contribution in [1.82, 2.24) is 0 Å². The Bertz CT molecular complexity index is 547. The zero-order valence-electron chi connectivity index (χ0n) is 10.3. The average Bonchev–Trinajstić information content (AvgIpc) is 2.35. The number of benzene rings is 2. The Morgan fingerprint density at radius 1 is 1.11 bits per heavy atom. The van der Waals surface area contributed by atoms with Gasteiger partial charge in [-0.15, -0.1) is 0 Å². The minimum atomic E-state index is -0.0586. The highest BCUT2D eigenvalue weighted by atomic mass is 16.1. The molecule has 18 heavy (non-hydrogen) atoms. The summed E-state index contributed by atoms with van der Waals surface area (Å²) in [5.41, 5.74) is 9.27. The second-order valence-corrected chi connectivity index (χ2v) is 4.29. The number of hydrogen-bond donors (Lipinski definition) is 2. The third-order valence-electron chi connectivity index (χ3n) is 2.74. The van der Waals surface area contributed by atoms with Crippen molar-refractivity contribution in [3.05, 3.63) is 59.7 Å². The van der Waals surface area contributed by atoms with Crippen molar-refractivity contribution in [2.45, 2.75) is 13.3 Å². The highest BCUT2D eigenvalue weighted by Crippen LogP contribution is 2.13. The summed E-state index contributed by atoms with van der Waals surface area (Å²) < 4.78 is 0. The third-order valence-corrected chi connectivity index (χ3v) is 2.74. The van der Waals surface area contributed by atoms with Crippen molar-refractivity contribution < 1.29 is 4.79 Å². The van der Waals surface area contributed by atoms with E-state index in [4.69, 9.17) is 5.73 Å². The summed E-state index contributed by atoms with van der Waals surface area (Å²) in [5, 5.41) is 2.85. The minimum Gasteiger partial charge on any atom is -0.398 e. The minimum absolute atomic E-state index is 0.0586. The second-order valence-electron chi connectivity index (χ2n) is 4.29. The lowest BCUT2D eigenvalue weighted by atomic mass is 10.1. The third kappa shape index (κ3) is 3.10. The van der Waals surface area contributed by atoms with Gasteiger partial charge in [-0.3, -0.25) is 4.79 Å². The lowest BCUT2D eigenvalue weighted by molar-refractivity contribution is -0.115. The maximum atomic E-state index is 11.9. The fourth-order valence-electron chi connectivity index (χ4n) is 1.71. The van der Waals surface area contributed by atoms with Gasteiger partial charge in [0.1, 0.15) is 0 Å². The van der Waals surface area contributed by atoms with E-state index in [0.717, 1.165) is 11.3 Å².